The van der Waals surface area contributed by atoms with E-state index >= 15 is 4.39 Å². The van der Waals surface area contributed by atoms with Crippen molar-refractivity contribution in [2.75, 3.05) is 19.7 Å². The first kappa shape index (κ1) is 41.8. The minimum atomic E-state index is -4.72. The smallest absolute Gasteiger partial charge is 0.493 e. The highest BCUT2D eigenvalue weighted by molar-refractivity contribution is 7.80. The van der Waals surface area contributed by atoms with Crippen molar-refractivity contribution in [1.82, 2.24) is 4.90 Å². The summed E-state index contributed by atoms with van der Waals surface area (Å²) in [6.07, 6.45) is -4.36. The zero-order valence-electron chi connectivity index (χ0n) is 29.2. The first-order valence-electron chi connectivity index (χ1n) is 17.0. The van der Waals surface area contributed by atoms with E-state index in [-0.39, 0.29) is 52.5 Å². The third-order valence-corrected chi connectivity index (χ3v) is 9.82. The Morgan fingerprint density at radius 3 is 2.09 bits per heavy atom. The summed E-state index contributed by atoms with van der Waals surface area (Å²) in [4.78, 5) is 32.5. The number of thiol groups is 1. The standard InChI is InChI=1S/C40H37ClF4NO7PS/c41-39-30(13-7-14-35(39)40(43,44)45)24-46(25-33(28-9-3-1-4-10-28)29-11-5-2-6-12-29)19-8-20-51-32-22-36(42)34(37(55)23-32)26-52-38(47)21-27-15-17-31(18-16-27)53-54(48,49)50/h1-7,9-18,22-23,33,55H,8,19-21,24-26H2,(H2,48,49,50). The molecule has 0 radical (unpaired) electrons. The number of alkyl halides is 3. The second-order valence-corrected chi connectivity index (χ2v) is 14.6. The molecule has 55 heavy (non-hydrogen) atoms. The molecule has 0 bridgehead atoms. The maximum Gasteiger partial charge on any atom is 0.524 e. The number of phosphoric ester groups is 1. The van der Waals surface area contributed by atoms with Crippen LogP contribution in [0.2, 0.25) is 5.02 Å². The number of nitrogens with zero attached hydrogens (tertiary/aromatic N) is 1. The van der Waals surface area contributed by atoms with Gasteiger partial charge in [0, 0.05) is 42.1 Å². The van der Waals surface area contributed by atoms with Crippen LogP contribution in [0.15, 0.2) is 120 Å². The summed E-state index contributed by atoms with van der Waals surface area (Å²) < 4.78 is 82.9. The van der Waals surface area contributed by atoms with Gasteiger partial charge in [0.15, 0.2) is 0 Å². The van der Waals surface area contributed by atoms with Crippen molar-refractivity contribution in [3.8, 4) is 11.5 Å². The zero-order chi connectivity index (χ0) is 39.6. The number of halogens is 5. The first-order valence-corrected chi connectivity index (χ1v) is 19.3. The molecule has 2 N–H and O–H groups in total. The van der Waals surface area contributed by atoms with E-state index in [0.717, 1.165) is 23.3 Å². The van der Waals surface area contributed by atoms with Crippen LogP contribution < -0.4 is 9.26 Å². The monoisotopic (exact) mass is 817 g/mol. The highest BCUT2D eigenvalue weighted by Crippen LogP contribution is 2.38. The number of carbonyl (C=O) groups is 1. The van der Waals surface area contributed by atoms with Gasteiger partial charge in [-0.15, -0.1) is 12.6 Å². The normalized spacial score (nSPS) is 11.9. The minimum absolute atomic E-state index is 0.0337. The van der Waals surface area contributed by atoms with Gasteiger partial charge in [-0.05, 0) is 52.9 Å². The summed E-state index contributed by atoms with van der Waals surface area (Å²) in [6, 6.07) is 31.7. The molecule has 5 rings (SSSR count). The highest BCUT2D eigenvalue weighted by atomic mass is 35.5. The quantitative estimate of drug-likeness (QED) is 0.0280. The summed E-state index contributed by atoms with van der Waals surface area (Å²) in [6.45, 7) is 0.748. The highest BCUT2D eigenvalue weighted by Gasteiger charge is 2.34. The lowest BCUT2D eigenvalue weighted by atomic mass is 9.90. The van der Waals surface area contributed by atoms with Crippen molar-refractivity contribution in [2.24, 2.45) is 0 Å². The lowest BCUT2D eigenvalue weighted by molar-refractivity contribution is -0.144. The molecule has 0 saturated carbocycles. The van der Waals surface area contributed by atoms with Gasteiger partial charge in [0.25, 0.3) is 0 Å². The van der Waals surface area contributed by atoms with Crippen molar-refractivity contribution >= 4 is 38.0 Å². The fourth-order valence-electron chi connectivity index (χ4n) is 5.91. The predicted octanol–water partition coefficient (Wildman–Crippen LogP) is 9.65. The fourth-order valence-corrected chi connectivity index (χ4v) is 6.89. The third-order valence-electron chi connectivity index (χ3n) is 8.53. The Balaban J connectivity index is 1.22. The van der Waals surface area contributed by atoms with Crippen molar-refractivity contribution in [2.45, 2.75) is 43.0 Å². The zero-order valence-corrected chi connectivity index (χ0v) is 31.7. The van der Waals surface area contributed by atoms with Crippen molar-refractivity contribution in [3.05, 3.63) is 159 Å². The molecule has 0 spiro atoms. The molecule has 8 nitrogen and oxygen atoms in total. The number of ether oxygens (including phenoxy) is 2. The van der Waals surface area contributed by atoms with Crippen molar-refractivity contribution in [3.63, 3.8) is 0 Å². The molecule has 15 heteroatoms. The summed E-state index contributed by atoms with van der Waals surface area (Å²) in [7, 11) is -4.72. The van der Waals surface area contributed by atoms with Gasteiger partial charge in [0.1, 0.15) is 23.9 Å². The van der Waals surface area contributed by atoms with Crippen LogP contribution in [-0.4, -0.2) is 40.4 Å². The molecule has 0 unspecified atom stereocenters. The summed E-state index contributed by atoms with van der Waals surface area (Å²) >= 11 is 10.7. The molecule has 0 aromatic heterocycles. The maximum absolute atomic E-state index is 15.2. The second kappa shape index (κ2) is 19.0. The van der Waals surface area contributed by atoms with E-state index in [2.05, 4.69) is 17.2 Å². The predicted molar refractivity (Wildman–Crippen MR) is 203 cm³/mol. The number of rotatable bonds is 17. The van der Waals surface area contributed by atoms with Gasteiger partial charge in [-0.1, -0.05) is 96.5 Å². The van der Waals surface area contributed by atoms with Crippen LogP contribution in [0.25, 0.3) is 0 Å². The Kier molecular flexibility index (Phi) is 14.4. The van der Waals surface area contributed by atoms with E-state index in [4.69, 9.17) is 30.9 Å². The summed E-state index contributed by atoms with van der Waals surface area (Å²) in [5, 5.41) is -0.348. The summed E-state index contributed by atoms with van der Waals surface area (Å²) in [5.74, 6) is -1.37. The van der Waals surface area contributed by atoms with Gasteiger partial charge in [0.05, 0.1) is 23.6 Å². The molecular formula is C40H37ClF4NO7PS. The third kappa shape index (κ3) is 12.6. The number of hydrogen-bond donors (Lipinski definition) is 3. The molecule has 0 aliphatic rings. The Morgan fingerprint density at radius 2 is 1.51 bits per heavy atom. The Bertz CT molecular complexity index is 2030. The largest absolute Gasteiger partial charge is 0.524 e. The van der Waals surface area contributed by atoms with Crippen LogP contribution in [0, 0.1) is 5.82 Å². The number of esters is 1. The Hall–Kier alpha value is -4.36. The van der Waals surface area contributed by atoms with Crippen LogP contribution >= 0.6 is 32.1 Å². The maximum atomic E-state index is 15.2. The molecule has 5 aromatic rings. The van der Waals surface area contributed by atoms with E-state index in [0.29, 0.717) is 30.6 Å². The molecule has 0 heterocycles. The van der Waals surface area contributed by atoms with Crippen molar-refractivity contribution < 1.29 is 50.7 Å². The van der Waals surface area contributed by atoms with Gasteiger partial charge in [-0.25, -0.2) is 8.96 Å². The number of phosphoric acid groups is 1. The van der Waals surface area contributed by atoms with E-state index in [1.807, 2.05) is 65.6 Å². The van der Waals surface area contributed by atoms with Crippen molar-refractivity contribution in [1.29, 1.82) is 0 Å². The lowest BCUT2D eigenvalue weighted by Gasteiger charge is -2.29. The van der Waals surface area contributed by atoms with Crippen LogP contribution in [-0.2, 0) is 39.8 Å². The Labute approximate surface area is 326 Å². The van der Waals surface area contributed by atoms with Gasteiger partial charge in [0.2, 0.25) is 0 Å². The van der Waals surface area contributed by atoms with Gasteiger partial charge >= 0.3 is 20.0 Å². The fraction of sp³-hybridized carbons (Fsp3) is 0.225. The van der Waals surface area contributed by atoms with Gasteiger partial charge < -0.3 is 14.0 Å². The second-order valence-electron chi connectivity index (χ2n) is 12.6. The molecule has 0 saturated heterocycles. The van der Waals surface area contributed by atoms with Crippen LogP contribution in [0.3, 0.4) is 0 Å². The number of benzene rings is 5. The minimum Gasteiger partial charge on any atom is -0.493 e. The topological polar surface area (TPSA) is 106 Å². The molecule has 290 valence electrons. The molecule has 0 amide bonds. The average molecular weight is 818 g/mol. The molecule has 5 aromatic carbocycles. The van der Waals surface area contributed by atoms with Gasteiger partial charge in [-0.2, -0.15) is 13.2 Å². The van der Waals surface area contributed by atoms with E-state index in [1.165, 1.54) is 36.4 Å². The molecule has 0 fully saturated rings. The molecule has 0 atom stereocenters. The Morgan fingerprint density at radius 1 is 0.873 bits per heavy atom. The number of carbonyl (C=O) groups excluding carboxylic acids is 1. The molecule has 0 aliphatic carbocycles. The SMILES string of the molecule is O=C(Cc1ccc(OP(=O)(O)O)cc1)OCc1c(F)cc(OCCCN(Cc2cccc(C(F)(F)F)c2Cl)CC(c2ccccc2)c2ccccc2)cc1S. The number of hydrogen-bond acceptors (Lipinski definition) is 7. The molecule has 0 aliphatic heterocycles. The summed E-state index contributed by atoms with van der Waals surface area (Å²) in [5.41, 5.74) is 2.02. The first-order chi connectivity index (χ1) is 26.2. The van der Waals surface area contributed by atoms with Crippen LogP contribution in [0.4, 0.5) is 17.6 Å². The lowest BCUT2D eigenvalue weighted by Crippen LogP contribution is -2.31. The van der Waals surface area contributed by atoms with E-state index in [1.54, 1.807) is 6.07 Å². The van der Waals surface area contributed by atoms with Gasteiger partial charge in [-0.3, -0.25) is 19.5 Å². The van der Waals surface area contributed by atoms with E-state index in [9.17, 15) is 22.5 Å². The van der Waals surface area contributed by atoms with Crippen LogP contribution in [0.1, 0.15) is 45.7 Å². The average Bonchev–Trinajstić information content (AvgIpc) is 3.13. The van der Waals surface area contributed by atoms with E-state index < -0.39 is 38.0 Å². The molecular weight excluding hydrogens is 781 g/mol. The van der Waals surface area contributed by atoms with Crippen LogP contribution in [0.5, 0.6) is 11.5 Å².